The number of fused-ring (bicyclic) bond motifs is 1. The van der Waals surface area contributed by atoms with E-state index in [1.807, 2.05) is 25.4 Å². The Morgan fingerprint density at radius 1 is 1.39 bits per heavy atom. The second kappa shape index (κ2) is 9.00. The van der Waals surface area contributed by atoms with Crippen LogP contribution in [0.15, 0.2) is 35.4 Å². The molecule has 2 aliphatic rings. The number of hydrogen-bond acceptors (Lipinski definition) is 6. The summed E-state index contributed by atoms with van der Waals surface area (Å²) in [6.45, 7) is 12.7. The first-order valence-electron chi connectivity index (χ1n) is 11.0. The van der Waals surface area contributed by atoms with E-state index in [4.69, 9.17) is 15.5 Å². The van der Waals surface area contributed by atoms with Crippen LogP contribution in [0.1, 0.15) is 56.4 Å². The Hall–Kier alpha value is -3.02. The highest BCUT2D eigenvalue weighted by Crippen LogP contribution is 2.34. The van der Waals surface area contributed by atoms with Gasteiger partial charge in [0.05, 0.1) is 11.3 Å². The second-order valence-corrected chi connectivity index (χ2v) is 8.59. The molecule has 1 unspecified atom stereocenters. The Bertz CT molecular complexity index is 1050. The smallest absolute Gasteiger partial charge is 0.148 e. The molecule has 2 aliphatic heterocycles. The van der Waals surface area contributed by atoms with Gasteiger partial charge in [-0.05, 0) is 58.3 Å². The zero-order valence-electron chi connectivity index (χ0n) is 18.6. The molecular weight excluding hydrogens is 388 g/mol. The third kappa shape index (κ3) is 4.38. The van der Waals surface area contributed by atoms with Crippen LogP contribution in [-0.2, 0) is 4.74 Å². The molecule has 1 saturated heterocycles. The van der Waals surface area contributed by atoms with Crippen molar-refractivity contribution in [1.82, 2.24) is 20.3 Å². The van der Waals surface area contributed by atoms with E-state index in [0.717, 1.165) is 60.3 Å². The van der Waals surface area contributed by atoms with Gasteiger partial charge in [-0.1, -0.05) is 6.58 Å². The van der Waals surface area contributed by atoms with E-state index in [2.05, 4.69) is 52.6 Å². The lowest BCUT2D eigenvalue weighted by Gasteiger charge is -2.26. The number of rotatable bonds is 6. The molecule has 1 atom stereocenters. The minimum absolute atomic E-state index is 0.137. The molecule has 0 amide bonds. The van der Waals surface area contributed by atoms with Crippen molar-refractivity contribution < 1.29 is 4.74 Å². The Balaban J connectivity index is 1.76. The van der Waals surface area contributed by atoms with Gasteiger partial charge in [-0.2, -0.15) is 5.10 Å². The summed E-state index contributed by atoms with van der Waals surface area (Å²) in [5, 5.41) is 11.0. The molecule has 0 spiro atoms. The Morgan fingerprint density at radius 2 is 2.16 bits per heavy atom. The maximum absolute atomic E-state index is 6.47. The molecule has 164 valence electrons. The van der Waals surface area contributed by atoms with E-state index in [1.165, 1.54) is 0 Å². The van der Waals surface area contributed by atoms with Crippen LogP contribution >= 0.6 is 0 Å². The van der Waals surface area contributed by atoms with E-state index < -0.39 is 0 Å². The quantitative estimate of drug-likeness (QED) is 0.491. The van der Waals surface area contributed by atoms with Crippen molar-refractivity contribution in [3.63, 3.8) is 0 Å². The lowest BCUT2D eigenvalue weighted by atomic mass is 9.99. The molecule has 0 aromatic carbocycles. The van der Waals surface area contributed by atoms with E-state index in [9.17, 15) is 0 Å². The summed E-state index contributed by atoms with van der Waals surface area (Å²) in [6, 6.07) is 2.56. The maximum atomic E-state index is 6.47. The van der Waals surface area contributed by atoms with Gasteiger partial charge in [-0.25, -0.2) is 4.98 Å². The van der Waals surface area contributed by atoms with E-state index >= 15 is 0 Å². The van der Waals surface area contributed by atoms with Gasteiger partial charge in [0.25, 0.3) is 0 Å². The number of nitrogens with zero attached hydrogens (tertiary/aromatic N) is 3. The molecule has 0 bridgehead atoms. The predicted molar refractivity (Wildman–Crippen MR) is 127 cm³/mol. The van der Waals surface area contributed by atoms with Crippen molar-refractivity contribution >= 4 is 29.1 Å². The SMILES string of the molecule is C=C=Cc1[nH]c2ncc(C3C=NN(C(C)C)C3)cc2c1/C(OC1CCNCC1)=C(\C)N. The number of hydrogen-bond donors (Lipinski definition) is 3. The Labute approximate surface area is 183 Å². The molecule has 4 rings (SSSR count). The number of allylic oxidation sites excluding steroid dienone is 1. The van der Waals surface area contributed by atoms with Crippen LogP contribution in [0, 0.1) is 0 Å². The molecule has 7 heteroatoms. The van der Waals surface area contributed by atoms with Crippen molar-refractivity contribution in [2.24, 2.45) is 10.8 Å². The molecule has 31 heavy (non-hydrogen) atoms. The van der Waals surface area contributed by atoms with Crippen LogP contribution < -0.4 is 11.1 Å². The number of piperidine rings is 1. The highest BCUT2D eigenvalue weighted by Gasteiger charge is 2.25. The highest BCUT2D eigenvalue weighted by molar-refractivity contribution is 5.94. The Kier molecular flexibility index (Phi) is 6.16. The number of hydrazone groups is 1. The third-order valence-corrected chi connectivity index (χ3v) is 5.91. The molecule has 0 saturated carbocycles. The van der Waals surface area contributed by atoms with Gasteiger partial charge in [-0.3, -0.25) is 5.01 Å². The number of nitrogens with two attached hydrogens (primary N) is 1. The third-order valence-electron chi connectivity index (χ3n) is 5.91. The van der Waals surface area contributed by atoms with E-state index in [0.29, 0.717) is 17.5 Å². The van der Waals surface area contributed by atoms with E-state index in [-0.39, 0.29) is 12.0 Å². The number of aromatic amines is 1. The topological polar surface area (TPSA) is 91.6 Å². The first-order valence-corrected chi connectivity index (χ1v) is 11.0. The summed E-state index contributed by atoms with van der Waals surface area (Å²) in [7, 11) is 0. The standard InChI is InChI=1S/C24H32N6O/c1-5-6-21-22(23(16(4)25)31-19-7-9-26-10-8-19)20-11-17(12-27-24(20)29-21)18-13-28-30(14-18)15(2)3/h6,11-13,15,18-19,26H,1,7-10,14,25H2,2-4H3,(H,27,29)/b23-16-. The predicted octanol–water partition coefficient (Wildman–Crippen LogP) is 3.57. The minimum atomic E-state index is 0.137. The van der Waals surface area contributed by atoms with Crippen molar-refractivity contribution in [2.45, 2.75) is 51.7 Å². The molecule has 7 nitrogen and oxygen atoms in total. The van der Waals surface area contributed by atoms with Gasteiger partial charge in [0.15, 0.2) is 0 Å². The van der Waals surface area contributed by atoms with Gasteiger partial charge < -0.3 is 20.8 Å². The fourth-order valence-electron chi connectivity index (χ4n) is 4.19. The zero-order valence-corrected chi connectivity index (χ0v) is 18.6. The first-order chi connectivity index (χ1) is 15.0. The van der Waals surface area contributed by atoms with Gasteiger partial charge >= 0.3 is 0 Å². The molecule has 4 heterocycles. The number of aromatic nitrogens is 2. The van der Waals surface area contributed by atoms with E-state index in [1.54, 1.807) is 0 Å². The van der Waals surface area contributed by atoms with Gasteiger partial charge in [0, 0.05) is 48.1 Å². The molecule has 2 aromatic heterocycles. The van der Waals surface area contributed by atoms with Gasteiger partial charge in [0.2, 0.25) is 0 Å². The average molecular weight is 421 g/mol. The summed E-state index contributed by atoms with van der Waals surface area (Å²) in [5.74, 6) is 0.916. The van der Waals surface area contributed by atoms with Crippen LogP contribution in [0.25, 0.3) is 22.9 Å². The lowest BCUT2D eigenvalue weighted by molar-refractivity contribution is 0.130. The van der Waals surface area contributed by atoms with Crippen molar-refractivity contribution in [1.29, 1.82) is 0 Å². The summed E-state index contributed by atoms with van der Waals surface area (Å²) in [5.41, 5.74) is 13.6. The van der Waals surface area contributed by atoms with Gasteiger partial charge in [-0.15, -0.1) is 5.73 Å². The fraction of sp³-hybridized carbons (Fsp3) is 0.458. The molecule has 1 fully saturated rings. The summed E-state index contributed by atoms with van der Waals surface area (Å²) in [4.78, 5) is 8.10. The summed E-state index contributed by atoms with van der Waals surface area (Å²) < 4.78 is 6.47. The zero-order chi connectivity index (χ0) is 22.0. The summed E-state index contributed by atoms with van der Waals surface area (Å²) in [6.07, 6.45) is 7.81. The molecular formula is C24H32N6O. The van der Waals surface area contributed by atoms with Crippen molar-refractivity contribution in [3.05, 3.63) is 47.1 Å². The second-order valence-electron chi connectivity index (χ2n) is 8.59. The van der Waals surface area contributed by atoms with Crippen molar-refractivity contribution in [3.8, 4) is 0 Å². The van der Waals surface area contributed by atoms with Crippen LogP contribution in [-0.4, -0.2) is 53.0 Å². The van der Waals surface area contributed by atoms with Crippen LogP contribution in [0.5, 0.6) is 0 Å². The fourth-order valence-corrected chi connectivity index (χ4v) is 4.19. The molecule has 4 N–H and O–H groups in total. The minimum Gasteiger partial charge on any atom is -0.488 e. The lowest BCUT2D eigenvalue weighted by Crippen LogP contribution is -2.32. The number of nitrogens with one attached hydrogen (secondary N) is 2. The maximum Gasteiger partial charge on any atom is 0.148 e. The Morgan fingerprint density at radius 3 is 2.81 bits per heavy atom. The first kappa shape index (κ1) is 21.2. The summed E-state index contributed by atoms with van der Waals surface area (Å²) >= 11 is 0. The van der Waals surface area contributed by atoms with Crippen LogP contribution in [0.2, 0.25) is 0 Å². The van der Waals surface area contributed by atoms with Gasteiger partial charge in [0.1, 0.15) is 17.5 Å². The van der Waals surface area contributed by atoms with Crippen molar-refractivity contribution in [2.75, 3.05) is 19.6 Å². The monoisotopic (exact) mass is 420 g/mol. The highest BCUT2D eigenvalue weighted by atomic mass is 16.5. The molecule has 0 radical (unpaired) electrons. The largest absolute Gasteiger partial charge is 0.488 e. The normalized spacial score (nSPS) is 20.3. The molecule has 2 aromatic rings. The average Bonchev–Trinajstić information content (AvgIpc) is 3.38. The molecule has 0 aliphatic carbocycles. The van der Waals surface area contributed by atoms with Crippen LogP contribution in [0.4, 0.5) is 0 Å². The number of H-pyrrole nitrogens is 1. The number of ether oxygens (including phenoxy) is 1. The van der Waals surface area contributed by atoms with Crippen LogP contribution in [0.3, 0.4) is 0 Å². The number of pyridine rings is 1.